The molecule has 1 rings (SSSR count). The van der Waals surface area contributed by atoms with Crippen LogP contribution in [0.25, 0.3) is 0 Å². The third-order valence-corrected chi connectivity index (χ3v) is 1.71. The number of nitrogen functional groups attached to an aromatic ring is 1. The van der Waals surface area contributed by atoms with E-state index in [1.54, 1.807) is 0 Å². The fourth-order valence-electron chi connectivity index (χ4n) is 1.05. The van der Waals surface area contributed by atoms with Gasteiger partial charge in [0, 0.05) is 12.2 Å². The number of halogens is 2. The Hall–Kier alpha value is -1.56. The van der Waals surface area contributed by atoms with Gasteiger partial charge in [0.1, 0.15) is 5.69 Å². The van der Waals surface area contributed by atoms with Crippen molar-refractivity contribution in [1.82, 2.24) is 4.98 Å². The molecule has 1 aromatic rings. The van der Waals surface area contributed by atoms with E-state index in [-0.39, 0.29) is 29.8 Å². The van der Waals surface area contributed by atoms with Crippen molar-refractivity contribution in [2.45, 2.75) is 13.0 Å². The number of anilines is 1. The van der Waals surface area contributed by atoms with Crippen molar-refractivity contribution in [3.63, 3.8) is 0 Å². The number of nitrogens with two attached hydrogens (primary N) is 2. The summed E-state index contributed by atoms with van der Waals surface area (Å²) in [5.74, 6) is 0. The van der Waals surface area contributed by atoms with Gasteiger partial charge >= 0.3 is 0 Å². The Bertz CT molecular complexity index is 355. The number of carbonyl (C=O) groups is 1. The monoisotopic (exact) mass is 201 g/mol. The molecule has 0 aliphatic heterocycles. The third kappa shape index (κ3) is 1.85. The first-order chi connectivity index (χ1) is 6.60. The molecule has 0 unspecified atom stereocenters. The molecule has 76 valence electrons. The molecule has 0 saturated carbocycles. The first-order valence-electron chi connectivity index (χ1n) is 3.82. The van der Waals surface area contributed by atoms with Gasteiger partial charge in [0.25, 0.3) is 6.43 Å². The summed E-state index contributed by atoms with van der Waals surface area (Å²) in [6.45, 7) is 0.00303. The molecule has 0 fully saturated rings. The van der Waals surface area contributed by atoms with Gasteiger partial charge < -0.3 is 11.5 Å². The SMILES string of the molecule is NCc1cc(N)c(C=O)c(C(F)F)n1. The van der Waals surface area contributed by atoms with Crippen molar-refractivity contribution < 1.29 is 13.6 Å². The first-order valence-corrected chi connectivity index (χ1v) is 3.82. The van der Waals surface area contributed by atoms with Crippen LogP contribution in [0.5, 0.6) is 0 Å². The predicted molar refractivity (Wildman–Crippen MR) is 46.9 cm³/mol. The fourth-order valence-corrected chi connectivity index (χ4v) is 1.05. The van der Waals surface area contributed by atoms with Gasteiger partial charge in [0.05, 0.1) is 11.3 Å². The van der Waals surface area contributed by atoms with Crippen LogP contribution in [-0.2, 0) is 6.54 Å². The number of hydrogen-bond acceptors (Lipinski definition) is 4. The number of rotatable bonds is 3. The van der Waals surface area contributed by atoms with E-state index in [2.05, 4.69) is 4.98 Å². The molecule has 0 bridgehead atoms. The number of hydrogen-bond donors (Lipinski definition) is 2. The molecule has 14 heavy (non-hydrogen) atoms. The number of alkyl halides is 2. The topological polar surface area (TPSA) is 82.0 Å². The van der Waals surface area contributed by atoms with E-state index in [1.165, 1.54) is 6.07 Å². The number of nitrogens with zero attached hydrogens (tertiary/aromatic N) is 1. The molecule has 1 heterocycles. The van der Waals surface area contributed by atoms with Gasteiger partial charge in [-0.05, 0) is 6.07 Å². The summed E-state index contributed by atoms with van der Waals surface area (Å²) in [4.78, 5) is 14.0. The highest BCUT2D eigenvalue weighted by Crippen LogP contribution is 2.24. The second-order valence-corrected chi connectivity index (χ2v) is 2.62. The summed E-state index contributed by atoms with van der Waals surface area (Å²) >= 11 is 0. The standard InChI is InChI=1S/C8H9F2N3O/c9-8(10)7-5(3-14)6(12)1-4(2-11)13-7/h1,3,8H,2,11H2,(H2,12,13). The lowest BCUT2D eigenvalue weighted by molar-refractivity contribution is 0.110. The molecule has 0 atom stereocenters. The summed E-state index contributed by atoms with van der Waals surface area (Å²) in [7, 11) is 0. The van der Waals surface area contributed by atoms with Crippen LogP contribution < -0.4 is 11.5 Å². The molecule has 0 spiro atoms. The van der Waals surface area contributed by atoms with Gasteiger partial charge in [-0.1, -0.05) is 0 Å². The van der Waals surface area contributed by atoms with Crippen LogP contribution in [0.2, 0.25) is 0 Å². The highest BCUT2D eigenvalue weighted by molar-refractivity contribution is 5.84. The zero-order valence-electron chi connectivity index (χ0n) is 7.21. The van der Waals surface area contributed by atoms with Crippen LogP contribution >= 0.6 is 0 Å². The van der Waals surface area contributed by atoms with Gasteiger partial charge in [0.2, 0.25) is 0 Å². The normalized spacial score (nSPS) is 10.6. The van der Waals surface area contributed by atoms with Crippen LogP contribution in [0.4, 0.5) is 14.5 Å². The molecule has 0 aromatic carbocycles. The number of aldehydes is 1. The second kappa shape index (κ2) is 4.10. The Morgan fingerprint density at radius 2 is 2.21 bits per heavy atom. The Morgan fingerprint density at radius 3 is 2.64 bits per heavy atom. The lowest BCUT2D eigenvalue weighted by Gasteiger charge is -2.07. The lowest BCUT2D eigenvalue weighted by atomic mass is 10.1. The second-order valence-electron chi connectivity index (χ2n) is 2.62. The van der Waals surface area contributed by atoms with Crippen molar-refractivity contribution in [2.24, 2.45) is 5.73 Å². The Labute approximate surface area is 78.9 Å². The summed E-state index contributed by atoms with van der Waals surface area (Å²) in [6, 6.07) is 1.32. The van der Waals surface area contributed by atoms with Crippen LogP contribution in [0.15, 0.2) is 6.07 Å². The summed E-state index contributed by atoms with van der Waals surface area (Å²) in [5, 5.41) is 0. The average Bonchev–Trinajstić information content (AvgIpc) is 2.16. The van der Waals surface area contributed by atoms with E-state index in [9.17, 15) is 13.6 Å². The molecule has 1 aromatic heterocycles. The maximum Gasteiger partial charge on any atom is 0.281 e. The van der Waals surface area contributed by atoms with Crippen LogP contribution in [0.1, 0.15) is 28.2 Å². The minimum Gasteiger partial charge on any atom is -0.398 e. The third-order valence-electron chi connectivity index (χ3n) is 1.71. The average molecular weight is 201 g/mol. The fraction of sp³-hybridized carbons (Fsp3) is 0.250. The van der Waals surface area contributed by atoms with E-state index in [4.69, 9.17) is 11.5 Å². The first kappa shape index (κ1) is 10.5. The molecule has 0 aliphatic carbocycles. The number of pyridine rings is 1. The van der Waals surface area contributed by atoms with Crippen LogP contribution in [0.3, 0.4) is 0 Å². The van der Waals surface area contributed by atoms with E-state index in [1.807, 2.05) is 0 Å². The van der Waals surface area contributed by atoms with Crippen molar-refractivity contribution in [3.05, 3.63) is 23.0 Å². The van der Waals surface area contributed by atoms with Crippen molar-refractivity contribution >= 4 is 12.0 Å². The zero-order chi connectivity index (χ0) is 10.7. The largest absolute Gasteiger partial charge is 0.398 e. The molecule has 4 nitrogen and oxygen atoms in total. The summed E-state index contributed by atoms with van der Waals surface area (Å²) in [6.07, 6.45) is -2.56. The predicted octanol–water partition coefficient (Wildman–Crippen LogP) is 0.873. The maximum absolute atomic E-state index is 12.4. The molecule has 4 N–H and O–H groups in total. The molecule has 0 amide bonds. The van der Waals surface area contributed by atoms with Gasteiger partial charge in [-0.25, -0.2) is 13.8 Å². The van der Waals surface area contributed by atoms with Crippen LogP contribution in [-0.4, -0.2) is 11.3 Å². The highest BCUT2D eigenvalue weighted by Gasteiger charge is 2.17. The lowest BCUT2D eigenvalue weighted by Crippen LogP contribution is -2.08. The highest BCUT2D eigenvalue weighted by atomic mass is 19.3. The van der Waals surface area contributed by atoms with Gasteiger partial charge in [-0.2, -0.15) is 0 Å². The van der Waals surface area contributed by atoms with E-state index < -0.39 is 12.1 Å². The van der Waals surface area contributed by atoms with Crippen molar-refractivity contribution in [1.29, 1.82) is 0 Å². The Kier molecular flexibility index (Phi) is 3.08. The molecular formula is C8H9F2N3O. The van der Waals surface area contributed by atoms with E-state index in [0.29, 0.717) is 0 Å². The maximum atomic E-state index is 12.4. The van der Waals surface area contributed by atoms with Crippen molar-refractivity contribution in [3.8, 4) is 0 Å². The molecule has 0 saturated heterocycles. The summed E-state index contributed by atoms with van der Waals surface area (Å²) in [5.41, 5.74) is 9.95. The smallest absolute Gasteiger partial charge is 0.281 e. The molecule has 0 aliphatic rings. The Morgan fingerprint density at radius 1 is 1.57 bits per heavy atom. The minimum atomic E-state index is -2.83. The number of carbonyl (C=O) groups excluding carboxylic acids is 1. The number of aromatic nitrogens is 1. The molecular weight excluding hydrogens is 192 g/mol. The molecule has 6 heteroatoms. The van der Waals surface area contributed by atoms with Gasteiger partial charge in [-0.15, -0.1) is 0 Å². The van der Waals surface area contributed by atoms with E-state index in [0.717, 1.165) is 0 Å². The van der Waals surface area contributed by atoms with Gasteiger partial charge in [-0.3, -0.25) is 4.79 Å². The quantitative estimate of drug-likeness (QED) is 0.711. The van der Waals surface area contributed by atoms with Gasteiger partial charge in [0.15, 0.2) is 6.29 Å². The Balaban J connectivity index is 3.35. The van der Waals surface area contributed by atoms with E-state index >= 15 is 0 Å². The summed E-state index contributed by atoms with van der Waals surface area (Å²) < 4.78 is 24.8. The zero-order valence-corrected chi connectivity index (χ0v) is 7.21. The molecule has 0 radical (unpaired) electrons. The minimum absolute atomic E-state index is 0.00303. The van der Waals surface area contributed by atoms with Crippen LogP contribution in [0, 0.1) is 0 Å². The van der Waals surface area contributed by atoms with Crippen molar-refractivity contribution in [2.75, 3.05) is 5.73 Å².